The molecular weight excluding hydrogens is 320 g/mol. The molecule has 138 valence electrons. The van der Waals surface area contributed by atoms with E-state index >= 15 is 0 Å². The second kappa shape index (κ2) is 7.53. The summed E-state index contributed by atoms with van der Waals surface area (Å²) in [4.78, 5) is 36.4. The fraction of sp³-hybridized carbons (Fsp3) is 0.706. The summed E-state index contributed by atoms with van der Waals surface area (Å²) in [5.74, 6) is 0.835. The van der Waals surface area contributed by atoms with E-state index in [-0.39, 0.29) is 11.2 Å². The van der Waals surface area contributed by atoms with Crippen LogP contribution in [0, 0.1) is 0 Å². The summed E-state index contributed by atoms with van der Waals surface area (Å²) < 4.78 is 3.43. The monoisotopic (exact) mass is 348 g/mol. The first kappa shape index (κ1) is 17.9. The predicted octanol–water partition coefficient (Wildman–Crippen LogP) is 0.361. The molecule has 0 amide bonds. The molecular formula is C17H28N6O2. The maximum absolute atomic E-state index is 12.3. The molecule has 0 aliphatic carbocycles. The number of aryl methyl sites for hydroxylation is 2. The molecule has 1 saturated heterocycles. The van der Waals surface area contributed by atoms with Crippen molar-refractivity contribution in [2.45, 2.75) is 39.8 Å². The van der Waals surface area contributed by atoms with Crippen molar-refractivity contribution >= 4 is 11.2 Å². The van der Waals surface area contributed by atoms with Gasteiger partial charge in [-0.15, -0.1) is 0 Å². The van der Waals surface area contributed by atoms with Crippen LogP contribution in [0.15, 0.2) is 9.59 Å². The maximum Gasteiger partial charge on any atom is 0.330 e. The molecule has 1 N–H and O–H groups in total. The lowest BCUT2D eigenvalue weighted by Gasteiger charge is -2.33. The van der Waals surface area contributed by atoms with Gasteiger partial charge >= 0.3 is 5.69 Å². The Bertz CT molecular complexity index is 841. The van der Waals surface area contributed by atoms with Crippen LogP contribution in [0.3, 0.4) is 0 Å². The van der Waals surface area contributed by atoms with Crippen molar-refractivity contribution in [2.75, 3.05) is 32.7 Å². The van der Waals surface area contributed by atoms with Crippen LogP contribution in [0.25, 0.3) is 11.2 Å². The van der Waals surface area contributed by atoms with Gasteiger partial charge in [-0.3, -0.25) is 19.2 Å². The molecule has 3 heterocycles. The summed E-state index contributed by atoms with van der Waals surface area (Å²) in [7, 11) is 1.86. The van der Waals surface area contributed by atoms with Crippen molar-refractivity contribution in [1.82, 2.24) is 28.9 Å². The van der Waals surface area contributed by atoms with Gasteiger partial charge in [0.25, 0.3) is 5.56 Å². The van der Waals surface area contributed by atoms with E-state index in [2.05, 4.69) is 33.6 Å². The number of fused-ring (bicyclic) bond motifs is 1. The fourth-order valence-corrected chi connectivity index (χ4v) is 3.42. The molecule has 2 aromatic rings. The van der Waals surface area contributed by atoms with Crippen LogP contribution in [0.4, 0.5) is 0 Å². The van der Waals surface area contributed by atoms with E-state index in [9.17, 15) is 9.59 Å². The number of rotatable bonds is 6. The Morgan fingerprint density at radius 2 is 1.76 bits per heavy atom. The van der Waals surface area contributed by atoms with Crippen LogP contribution in [0.2, 0.25) is 0 Å². The van der Waals surface area contributed by atoms with Crippen molar-refractivity contribution < 1.29 is 0 Å². The normalized spacial score (nSPS) is 16.8. The average molecular weight is 348 g/mol. The molecule has 1 aliphatic heterocycles. The van der Waals surface area contributed by atoms with Crippen molar-refractivity contribution in [3.63, 3.8) is 0 Å². The largest absolute Gasteiger partial charge is 0.330 e. The minimum atomic E-state index is -0.368. The Morgan fingerprint density at radius 3 is 2.40 bits per heavy atom. The number of unbranched alkanes of at least 4 members (excludes halogenated alkanes) is 1. The number of nitrogens with one attached hydrogen (secondary N) is 1. The Morgan fingerprint density at radius 1 is 1.08 bits per heavy atom. The predicted molar refractivity (Wildman–Crippen MR) is 97.9 cm³/mol. The van der Waals surface area contributed by atoms with E-state index in [1.807, 2.05) is 11.6 Å². The highest BCUT2D eigenvalue weighted by Crippen LogP contribution is 2.13. The Kier molecular flexibility index (Phi) is 5.39. The van der Waals surface area contributed by atoms with Crippen LogP contribution in [-0.2, 0) is 20.1 Å². The molecule has 1 aliphatic rings. The van der Waals surface area contributed by atoms with E-state index in [1.165, 1.54) is 0 Å². The minimum absolute atomic E-state index is 0.357. The third kappa shape index (κ3) is 3.55. The third-order valence-electron chi connectivity index (χ3n) is 5.12. The number of nitrogens with zero attached hydrogens (tertiary/aromatic N) is 5. The van der Waals surface area contributed by atoms with E-state index in [0.717, 1.165) is 51.4 Å². The van der Waals surface area contributed by atoms with Gasteiger partial charge in [0.15, 0.2) is 11.2 Å². The van der Waals surface area contributed by atoms with Gasteiger partial charge in [0.1, 0.15) is 5.82 Å². The SMILES string of the molecule is CCCCn1c(=O)[nH]c(=O)c2c1nc(CN1CCN(CC)CC1)n2C. The highest BCUT2D eigenvalue weighted by molar-refractivity contribution is 5.70. The summed E-state index contributed by atoms with van der Waals surface area (Å²) in [5.41, 5.74) is 0.266. The van der Waals surface area contributed by atoms with Crippen LogP contribution < -0.4 is 11.2 Å². The number of H-pyrrole nitrogens is 1. The van der Waals surface area contributed by atoms with Crippen molar-refractivity contribution in [3.8, 4) is 0 Å². The van der Waals surface area contributed by atoms with Crippen LogP contribution >= 0.6 is 0 Å². The zero-order valence-electron chi connectivity index (χ0n) is 15.4. The maximum atomic E-state index is 12.3. The van der Waals surface area contributed by atoms with Crippen LogP contribution in [-0.4, -0.2) is 61.6 Å². The quantitative estimate of drug-likeness (QED) is 0.815. The van der Waals surface area contributed by atoms with Crippen molar-refractivity contribution in [2.24, 2.45) is 7.05 Å². The van der Waals surface area contributed by atoms with Crippen molar-refractivity contribution in [1.29, 1.82) is 0 Å². The second-order valence-corrected chi connectivity index (χ2v) is 6.73. The first-order valence-electron chi connectivity index (χ1n) is 9.18. The van der Waals surface area contributed by atoms with E-state index in [4.69, 9.17) is 0 Å². The van der Waals surface area contributed by atoms with Gasteiger partial charge < -0.3 is 9.47 Å². The van der Waals surface area contributed by atoms with E-state index in [0.29, 0.717) is 24.3 Å². The summed E-state index contributed by atoms with van der Waals surface area (Å²) in [5, 5.41) is 0. The zero-order valence-corrected chi connectivity index (χ0v) is 15.4. The molecule has 0 atom stereocenters. The lowest BCUT2D eigenvalue weighted by Crippen LogP contribution is -2.45. The lowest BCUT2D eigenvalue weighted by molar-refractivity contribution is 0.129. The van der Waals surface area contributed by atoms with Gasteiger partial charge in [0, 0.05) is 39.8 Å². The Hall–Kier alpha value is -1.93. The zero-order chi connectivity index (χ0) is 18.0. The first-order chi connectivity index (χ1) is 12.0. The number of piperazine rings is 1. The first-order valence-corrected chi connectivity index (χ1v) is 9.18. The summed E-state index contributed by atoms with van der Waals surface area (Å²) in [6, 6.07) is 0. The standard InChI is InChI=1S/C17H28N6O2/c1-4-6-7-23-15-14(16(24)19-17(23)25)20(3)13(18-15)12-22-10-8-21(5-2)9-11-22/h4-12H2,1-3H3,(H,19,24,25). The van der Waals surface area contributed by atoms with E-state index in [1.54, 1.807) is 4.57 Å². The topological polar surface area (TPSA) is 79.2 Å². The van der Waals surface area contributed by atoms with Gasteiger partial charge in [-0.1, -0.05) is 20.3 Å². The number of imidazole rings is 1. The van der Waals surface area contributed by atoms with Gasteiger partial charge in [0.05, 0.1) is 6.54 Å². The second-order valence-electron chi connectivity index (χ2n) is 6.73. The Labute approximate surface area is 147 Å². The molecule has 2 aromatic heterocycles. The van der Waals surface area contributed by atoms with Crippen molar-refractivity contribution in [3.05, 3.63) is 26.7 Å². The molecule has 0 radical (unpaired) electrons. The molecule has 0 saturated carbocycles. The van der Waals surface area contributed by atoms with Gasteiger partial charge in [-0.25, -0.2) is 9.78 Å². The Balaban J connectivity index is 1.92. The highest BCUT2D eigenvalue weighted by atomic mass is 16.2. The summed E-state index contributed by atoms with van der Waals surface area (Å²) >= 11 is 0. The molecule has 1 fully saturated rings. The summed E-state index contributed by atoms with van der Waals surface area (Å²) in [6.07, 6.45) is 1.86. The molecule has 3 rings (SSSR count). The molecule has 25 heavy (non-hydrogen) atoms. The van der Waals surface area contributed by atoms with Gasteiger partial charge in [-0.05, 0) is 13.0 Å². The molecule has 0 unspecified atom stereocenters. The molecule has 8 nitrogen and oxygen atoms in total. The number of likely N-dealkylation sites (N-methyl/N-ethyl adjacent to an activating group) is 1. The smallest absolute Gasteiger partial charge is 0.324 e. The highest BCUT2D eigenvalue weighted by Gasteiger charge is 2.20. The van der Waals surface area contributed by atoms with Gasteiger partial charge in [-0.2, -0.15) is 0 Å². The van der Waals surface area contributed by atoms with Gasteiger partial charge in [0.2, 0.25) is 0 Å². The number of aromatic amines is 1. The minimum Gasteiger partial charge on any atom is -0.324 e. The van der Waals surface area contributed by atoms with E-state index < -0.39 is 0 Å². The van der Waals surface area contributed by atoms with Crippen LogP contribution in [0.1, 0.15) is 32.5 Å². The molecule has 0 bridgehead atoms. The fourth-order valence-electron chi connectivity index (χ4n) is 3.42. The summed E-state index contributed by atoms with van der Waals surface area (Å²) in [6.45, 7) is 10.7. The number of hydrogen-bond donors (Lipinski definition) is 1. The molecule has 0 aromatic carbocycles. The average Bonchev–Trinajstić information content (AvgIpc) is 2.92. The molecule has 8 heteroatoms. The third-order valence-corrected chi connectivity index (χ3v) is 5.12. The lowest BCUT2D eigenvalue weighted by atomic mass is 10.3. The number of aromatic nitrogens is 4. The molecule has 0 spiro atoms. The number of hydrogen-bond acceptors (Lipinski definition) is 5. The van der Waals surface area contributed by atoms with Crippen LogP contribution in [0.5, 0.6) is 0 Å².